The minimum absolute atomic E-state index is 0.0629. The van der Waals surface area contributed by atoms with E-state index >= 15 is 0 Å². The van der Waals surface area contributed by atoms with Crippen LogP contribution in [0, 0.1) is 0 Å². The molecule has 34 heavy (non-hydrogen) atoms. The largest absolute Gasteiger partial charge is 0.481 e. The summed E-state index contributed by atoms with van der Waals surface area (Å²) in [6, 6.07) is 17.7. The number of ether oxygens (including phenoxy) is 1. The van der Waals surface area contributed by atoms with E-state index in [9.17, 15) is 19.5 Å². The van der Waals surface area contributed by atoms with Gasteiger partial charge < -0.3 is 20.5 Å². The van der Waals surface area contributed by atoms with Crippen molar-refractivity contribution in [2.45, 2.75) is 31.3 Å². The van der Waals surface area contributed by atoms with Crippen molar-refractivity contribution in [2.75, 3.05) is 6.61 Å². The fourth-order valence-corrected chi connectivity index (χ4v) is 4.20. The third kappa shape index (κ3) is 5.06. The van der Waals surface area contributed by atoms with E-state index in [4.69, 9.17) is 4.74 Å². The molecule has 1 heterocycles. The number of fused-ring (bicyclic) bond motifs is 3. The Labute approximate surface area is 197 Å². The van der Waals surface area contributed by atoms with Crippen LogP contribution in [-0.2, 0) is 14.3 Å². The lowest BCUT2D eigenvalue weighted by Crippen LogP contribution is -2.48. The average Bonchev–Trinajstić information content (AvgIpc) is 3.16. The van der Waals surface area contributed by atoms with Gasteiger partial charge in [0.05, 0.1) is 12.5 Å². The fourth-order valence-electron chi connectivity index (χ4n) is 4.20. The molecule has 8 nitrogen and oxygen atoms in total. The fraction of sp³-hybridized carbons (Fsp3) is 0.231. The van der Waals surface area contributed by atoms with Crippen LogP contribution < -0.4 is 10.6 Å². The summed E-state index contributed by atoms with van der Waals surface area (Å²) < 4.78 is 5.46. The van der Waals surface area contributed by atoms with Crippen LogP contribution in [0.1, 0.15) is 42.0 Å². The molecular weight excluding hydrogens is 434 g/mol. The van der Waals surface area contributed by atoms with Crippen molar-refractivity contribution in [3.05, 3.63) is 89.7 Å². The van der Waals surface area contributed by atoms with Gasteiger partial charge in [-0.05, 0) is 40.8 Å². The molecule has 0 saturated carbocycles. The van der Waals surface area contributed by atoms with Crippen molar-refractivity contribution in [3.8, 4) is 11.1 Å². The monoisotopic (exact) mass is 459 g/mol. The van der Waals surface area contributed by atoms with E-state index in [-0.39, 0.29) is 12.5 Å². The first-order valence-electron chi connectivity index (χ1n) is 11.0. The summed E-state index contributed by atoms with van der Waals surface area (Å²) in [6.45, 7) is 1.81. The first kappa shape index (κ1) is 23.0. The second-order valence-electron chi connectivity index (χ2n) is 8.14. The zero-order chi connectivity index (χ0) is 24.1. The van der Waals surface area contributed by atoms with Crippen LogP contribution in [0.25, 0.3) is 11.1 Å². The smallest absolute Gasteiger partial charge is 0.407 e. The molecule has 0 bridgehead atoms. The summed E-state index contributed by atoms with van der Waals surface area (Å²) in [5.41, 5.74) is 5.06. The number of carbonyl (C=O) groups is 3. The normalized spacial score (nSPS) is 13.8. The maximum Gasteiger partial charge on any atom is 0.407 e. The summed E-state index contributed by atoms with van der Waals surface area (Å²) in [4.78, 5) is 40.6. The Kier molecular flexibility index (Phi) is 6.87. The summed E-state index contributed by atoms with van der Waals surface area (Å²) in [6.07, 6.45) is 1.80. The topological polar surface area (TPSA) is 118 Å². The Morgan fingerprint density at radius 3 is 2.21 bits per heavy atom. The number of alkyl carbamates (subject to hydrolysis) is 1. The summed E-state index contributed by atoms with van der Waals surface area (Å²) in [5, 5.41) is 14.4. The van der Waals surface area contributed by atoms with Gasteiger partial charge in [0.25, 0.3) is 0 Å². The number of aliphatic carboxylic acids is 1. The first-order chi connectivity index (χ1) is 16.4. The van der Waals surface area contributed by atoms with Crippen molar-refractivity contribution in [1.82, 2.24) is 15.6 Å². The number of amides is 2. The van der Waals surface area contributed by atoms with Gasteiger partial charge in [0.2, 0.25) is 5.91 Å². The lowest BCUT2D eigenvalue weighted by atomic mass is 9.98. The second kappa shape index (κ2) is 10.2. The molecule has 0 radical (unpaired) electrons. The van der Waals surface area contributed by atoms with Crippen LogP contribution in [0.2, 0.25) is 0 Å². The number of rotatable bonds is 8. The third-order valence-corrected chi connectivity index (χ3v) is 5.87. The summed E-state index contributed by atoms with van der Waals surface area (Å²) in [7, 11) is 0. The van der Waals surface area contributed by atoms with E-state index in [1.165, 1.54) is 0 Å². The first-order valence-corrected chi connectivity index (χ1v) is 11.0. The molecule has 3 N–H and O–H groups in total. The standard InChI is InChI=1S/C26H25N3O5/c1-16(17-7-6-12-27-14-17)28-25(32)23(13-24(30)31)29-26(33)34-15-22-20-10-4-2-8-18(20)19-9-3-5-11-21(19)22/h2-12,14,16,22-23H,13,15H2,1H3,(H,28,32)(H,29,33)(H,30,31)/t16-,23?/m1/s1. The number of nitrogens with one attached hydrogen (secondary N) is 2. The number of aromatic nitrogens is 1. The van der Waals surface area contributed by atoms with Gasteiger partial charge in [-0.2, -0.15) is 0 Å². The van der Waals surface area contributed by atoms with E-state index in [0.29, 0.717) is 0 Å². The van der Waals surface area contributed by atoms with Gasteiger partial charge in [-0.1, -0.05) is 54.6 Å². The summed E-state index contributed by atoms with van der Waals surface area (Å²) in [5.74, 6) is -1.98. The molecule has 2 amide bonds. The molecule has 0 aliphatic heterocycles. The van der Waals surface area contributed by atoms with E-state index < -0.39 is 36.5 Å². The molecule has 174 valence electrons. The predicted molar refractivity (Wildman–Crippen MR) is 125 cm³/mol. The van der Waals surface area contributed by atoms with Crippen molar-refractivity contribution < 1.29 is 24.2 Å². The number of benzene rings is 2. The quantitative estimate of drug-likeness (QED) is 0.473. The van der Waals surface area contributed by atoms with E-state index in [1.807, 2.05) is 48.5 Å². The minimum Gasteiger partial charge on any atom is -0.481 e. The molecule has 1 aromatic heterocycles. The number of pyridine rings is 1. The van der Waals surface area contributed by atoms with Crippen LogP contribution >= 0.6 is 0 Å². The molecule has 0 spiro atoms. The lowest BCUT2D eigenvalue weighted by molar-refractivity contribution is -0.140. The molecular formula is C26H25N3O5. The maximum atomic E-state index is 12.7. The van der Waals surface area contributed by atoms with Gasteiger partial charge >= 0.3 is 12.1 Å². The number of nitrogens with zero attached hydrogens (tertiary/aromatic N) is 1. The highest BCUT2D eigenvalue weighted by molar-refractivity contribution is 5.89. The Morgan fingerprint density at radius 1 is 0.971 bits per heavy atom. The molecule has 8 heteroatoms. The maximum absolute atomic E-state index is 12.7. The van der Waals surface area contributed by atoms with Gasteiger partial charge in [0.15, 0.2) is 0 Å². The lowest BCUT2D eigenvalue weighted by Gasteiger charge is -2.21. The van der Waals surface area contributed by atoms with Crippen LogP contribution in [-0.4, -0.2) is 40.7 Å². The van der Waals surface area contributed by atoms with Gasteiger partial charge in [0.1, 0.15) is 12.6 Å². The molecule has 0 saturated heterocycles. The van der Waals surface area contributed by atoms with Crippen molar-refractivity contribution in [2.24, 2.45) is 0 Å². The third-order valence-electron chi connectivity index (χ3n) is 5.87. The zero-order valence-electron chi connectivity index (χ0n) is 18.6. The minimum atomic E-state index is -1.28. The number of hydrogen-bond donors (Lipinski definition) is 3. The van der Waals surface area contributed by atoms with Crippen LogP contribution in [0.4, 0.5) is 4.79 Å². The molecule has 1 unspecified atom stereocenters. The zero-order valence-corrected chi connectivity index (χ0v) is 18.6. The van der Waals surface area contributed by atoms with Crippen LogP contribution in [0.3, 0.4) is 0 Å². The van der Waals surface area contributed by atoms with E-state index in [1.54, 1.807) is 31.5 Å². The Bertz CT molecular complexity index is 1150. The molecule has 0 fully saturated rings. The van der Waals surface area contributed by atoms with Crippen molar-refractivity contribution >= 4 is 18.0 Å². The average molecular weight is 460 g/mol. The van der Waals surface area contributed by atoms with Crippen LogP contribution in [0.5, 0.6) is 0 Å². The highest BCUT2D eigenvalue weighted by Gasteiger charge is 2.30. The Morgan fingerprint density at radius 2 is 1.62 bits per heavy atom. The number of carboxylic acids is 1. The van der Waals surface area contributed by atoms with Gasteiger partial charge in [-0.15, -0.1) is 0 Å². The van der Waals surface area contributed by atoms with Crippen LogP contribution in [0.15, 0.2) is 73.1 Å². The van der Waals surface area contributed by atoms with Gasteiger partial charge in [-0.25, -0.2) is 4.79 Å². The molecule has 4 rings (SSSR count). The molecule has 2 aromatic carbocycles. The highest BCUT2D eigenvalue weighted by Crippen LogP contribution is 2.44. The molecule has 1 aliphatic rings. The Hall–Kier alpha value is -4.20. The highest BCUT2D eigenvalue weighted by atomic mass is 16.5. The van der Waals surface area contributed by atoms with Crippen molar-refractivity contribution in [3.63, 3.8) is 0 Å². The second-order valence-corrected chi connectivity index (χ2v) is 8.14. The molecule has 2 atom stereocenters. The van der Waals surface area contributed by atoms with Gasteiger partial charge in [-0.3, -0.25) is 14.6 Å². The SMILES string of the molecule is C[C@@H](NC(=O)C(CC(=O)O)NC(=O)OCC1c2ccccc2-c2ccccc21)c1cccnc1. The van der Waals surface area contributed by atoms with Gasteiger partial charge in [0, 0.05) is 18.3 Å². The van der Waals surface area contributed by atoms with E-state index in [0.717, 1.165) is 27.8 Å². The number of carboxylic acid groups (broad SMARTS) is 1. The van der Waals surface area contributed by atoms with Crippen molar-refractivity contribution in [1.29, 1.82) is 0 Å². The Balaban J connectivity index is 1.41. The molecule has 1 aliphatic carbocycles. The predicted octanol–water partition coefficient (Wildman–Crippen LogP) is 3.64. The number of carbonyl (C=O) groups excluding carboxylic acids is 2. The number of hydrogen-bond acceptors (Lipinski definition) is 5. The van der Waals surface area contributed by atoms with E-state index in [2.05, 4.69) is 15.6 Å². The summed E-state index contributed by atoms with van der Waals surface area (Å²) >= 11 is 0. The molecule has 3 aromatic rings.